The first-order chi connectivity index (χ1) is 27.2. The standard InChI is InChI=1S/C26H28Cl2N4O4.C18H34O2/c1-19(33)31-10-12-32(13-11-31)21-3-5-22(6-4-21)34-15-23-16-35-26(36-23,17-30-9-8-29-18-30)24-7-2-20(27)14-25(24)28;1-2-3-4-5-6-7-8-9-10-11-12-13-14-15-16-17-18(19)20/h2-9,14,18,23H,10-13,15-17H2,1H3;9-10H,2-8,11-17H2,1H3,(H,19,20)/b;10-9-/t23-,26-;/m0./s1. The van der Waals surface area contributed by atoms with Crippen LogP contribution in [-0.2, 0) is 31.4 Å². The van der Waals surface area contributed by atoms with Crippen molar-refractivity contribution < 1.29 is 28.9 Å². The molecule has 2 aliphatic rings. The predicted molar refractivity (Wildman–Crippen MR) is 225 cm³/mol. The number of benzene rings is 2. The highest BCUT2D eigenvalue weighted by Gasteiger charge is 2.45. The summed E-state index contributed by atoms with van der Waals surface area (Å²) < 4.78 is 20.6. The van der Waals surface area contributed by atoms with Crippen LogP contribution in [0.25, 0.3) is 0 Å². The second-order valence-electron chi connectivity index (χ2n) is 14.7. The molecule has 5 rings (SSSR count). The van der Waals surface area contributed by atoms with Gasteiger partial charge in [0.2, 0.25) is 11.7 Å². The van der Waals surface area contributed by atoms with Gasteiger partial charge in [-0.25, -0.2) is 4.98 Å². The molecule has 308 valence electrons. The van der Waals surface area contributed by atoms with Crippen LogP contribution in [-0.4, -0.2) is 76.9 Å². The van der Waals surface area contributed by atoms with Crippen LogP contribution in [0.5, 0.6) is 5.75 Å². The average molecular weight is 814 g/mol. The molecule has 0 bridgehead atoms. The van der Waals surface area contributed by atoms with Crippen LogP contribution in [0.15, 0.2) is 73.3 Å². The minimum absolute atomic E-state index is 0.129. The molecule has 0 radical (unpaired) electrons. The number of aromatic nitrogens is 2. The quantitative estimate of drug-likeness (QED) is 0.0790. The molecule has 0 spiro atoms. The first-order valence-electron chi connectivity index (χ1n) is 20.5. The summed E-state index contributed by atoms with van der Waals surface area (Å²) in [6.45, 7) is 8.06. The van der Waals surface area contributed by atoms with Gasteiger partial charge in [0.1, 0.15) is 18.5 Å². The van der Waals surface area contributed by atoms with E-state index in [2.05, 4.69) is 29.0 Å². The van der Waals surface area contributed by atoms with Crippen LogP contribution < -0.4 is 9.64 Å². The van der Waals surface area contributed by atoms with E-state index in [-0.39, 0.29) is 12.0 Å². The molecule has 56 heavy (non-hydrogen) atoms. The van der Waals surface area contributed by atoms with Crippen LogP contribution in [0, 0.1) is 0 Å². The van der Waals surface area contributed by atoms with Crippen LogP contribution in [0.2, 0.25) is 10.0 Å². The zero-order valence-corrected chi connectivity index (χ0v) is 34.9. The van der Waals surface area contributed by atoms with Gasteiger partial charge >= 0.3 is 5.97 Å². The summed E-state index contributed by atoms with van der Waals surface area (Å²) in [6, 6.07) is 13.3. The molecule has 0 unspecified atom stereocenters. The maximum absolute atomic E-state index is 11.6. The van der Waals surface area contributed by atoms with Gasteiger partial charge in [-0.2, -0.15) is 0 Å². The van der Waals surface area contributed by atoms with Crippen LogP contribution in [0.1, 0.15) is 109 Å². The largest absolute Gasteiger partial charge is 0.491 e. The van der Waals surface area contributed by atoms with Crippen molar-refractivity contribution in [2.45, 2.75) is 122 Å². The fourth-order valence-electron chi connectivity index (χ4n) is 6.94. The lowest BCUT2D eigenvalue weighted by atomic mass is 10.1. The number of allylic oxidation sites excluding steroid dienone is 2. The van der Waals surface area contributed by atoms with Gasteiger partial charge in [0.15, 0.2) is 0 Å². The number of nitrogens with zero attached hydrogens (tertiary/aromatic N) is 4. The number of carbonyl (C=O) groups excluding carboxylic acids is 1. The molecule has 1 amide bonds. The average Bonchev–Trinajstić information content (AvgIpc) is 3.86. The summed E-state index contributed by atoms with van der Waals surface area (Å²) in [5.41, 5.74) is 1.82. The summed E-state index contributed by atoms with van der Waals surface area (Å²) in [7, 11) is 0. The van der Waals surface area contributed by atoms with Crippen molar-refractivity contribution in [1.29, 1.82) is 0 Å². The zero-order valence-electron chi connectivity index (χ0n) is 33.4. The van der Waals surface area contributed by atoms with E-state index in [1.54, 1.807) is 31.6 Å². The molecule has 3 aromatic rings. The maximum atomic E-state index is 11.6. The Balaban J connectivity index is 0.000000298. The van der Waals surface area contributed by atoms with E-state index in [1.165, 1.54) is 70.6 Å². The molecule has 2 atom stereocenters. The number of hydrogen-bond donors (Lipinski definition) is 1. The van der Waals surface area contributed by atoms with Crippen LogP contribution in [0.4, 0.5) is 5.69 Å². The number of carbonyl (C=O) groups is 2. The fourth-order valence-corrected chi connectivity index (χ4v) is 7.50. The van der Waals surface area contributed by atoms with Crippen LogP contribution in [0.3, 0.4) is 0 Å². The predicted octanol–water partition coefficient (Wildman–Crippen LogP) is 10.3. The Kier molecular flexibility index (Phi) is 20.1. The first-order valence-corrected chi connectivity index (χ1v) is 21.3. The molecule has 0 aliphatic carbocycles. The Morgan fingerprint density at radius 1 is 0.911 bits per heavy atom. The summed E-state index contributed by atoms with van der Waals surface area (Å²) in [5.74, 6) is -0.865. The summed E-state index contributed by atoms with van der Waals surface area (Å²) in [5, 5.41) is 9.53. The van der Waals surface area contributed by atoms with E-state index < -0.39 is 11.8 Å². The number of hydrogen-bond acceptors (Lipinski definition) is 7. The Morgan fingerprint density at radius 2 is 1.57 bits per heavy atom. The number of halogens is 2. The third-order valence-electron chi connectivity index (χ3n) is 10.2. The highest BCUT2D eigenvalue weighted by molar-refractivity contribution is 6.35. The lowest BCUT2D eigenvalue weighted by molar-refractivity contribution is -0.189. The number of aliphatic carboxylic acids is 1. The van der Waals surface area contributed by atoms with E-state index in [9.17, 15) is 9.59 Å². The Bertz CT molecular complexity index is 1600. The van der Waals surface area contributed by atoms with Crippen LogP contribution >= 0.6 is 23.2 Å². The molecule has 2 aliphatic heterocycles. The van der Waals surface area contributed by atoms with Gasteiger partial charge in [-0.3, -0.25) is 9.59 Å². The third kappa shape index (κ3) is 15.8. The monoisotopic (exact) mass is 812 g/mol. The SMILES string of the molecule is CC(=O)N1CCN(c2ccc(OC[C@H]3CO[C@](Cn4ccnc4)(c4ccc(Cl)cc4Cl)O3)cc2)CC1.CCCCCCCC/C=C\CCCCCCCC(=O)O. The third-order valence-corrected chi connectivity index (χ3v) is 10.7. The molecule has 1 N–H and O–H groups in total. The minimum atomic E-state index is -1.08. The van der Waals surface area contributed by atoms with Gasteiger partial charge < -0.3 is 33.7 Å². The molecule has 0 saturated carbocycles. The number of carboxylic acids is 1. The van der Waals surface area contributed by atoms with Gasteiger partial charge in [0.05, 0.1) is 24.5 Å². The Labute approximate surface area is 344 Å². The smallest absolute Gasteiger partial charge is 0.303 e. The van der Waals surface area contributed by atoms with E-state index in [0.29, 0.717) is 41.8 Å². The number of anilines is 1. The topological polar surface area (TPSA) is 106 Å². The zero-order chi connectivity index (χ0) is 40.0. The van der Waals surface area contributed by atoms with Gasteiger partial charge in [0.25, 0.3) is 0 Å². The van der Waals surface area contributed by atoms with Crippen molar-refractivity contribution in [2.75, 3.05) is 44.3 Å². The van der Waals surface area contributed by atoms with Crippen molar-refractivity contribution in [3.63, 3.8) is 0 Å². The van der Waals surface area contributed by atoms with Crippen molar-refractivity contribution >= 4 is 40.8 Å². The van der Waals surface area contributed by atoms with Crippen molar-refractivity contribution in [1.82, 2.24) is 14.5 Å². The highest BCUT2D eigenvalue weighted by Crippen LogP contribution is 2.40. The normalized spacial score (nSPS) is 18.2. The van der Waals surface area contributed by atoms with Crippen molar-refractivity contribution in [3.8, 4) is 5.75 Å². The molecule has 2 saturated heterocycles. The van der Waals surface area contributed by atoms with Crippen molar-refractivity contribution in [2.24, 2.45) is 0 Å². The first kappa shape index (κ1) is 45.1. The fraction of sp³-hybridized carbons (Fsp3) is 0.568. The number of unbranched alkanes of at least 4 members (excludes halogenated alkanes) is 11. The molecule has 2 aromatic carbocycles. The Morgan fingerprint density at radius 3 is 2.18 bits per heavy atom. The number of ether oxygens (including phenoxy) is 3. The molecular formula is C44H62Cl2N4O6. The van der Waals surface area contributed by atoms with Gasteiger partial charge in [0, 0.05) is 68.2 Å². The van der Waals surface area contributed by atoms with E-state index in [0.717, 1.165) is 50.5 Å². The molecule has 2 fully saturated rings. The van der Waals surface area contributed by atoms with Gasteiger partial charge in [-0.05, 0) is 68.5 Å². The summed E-state index contributed by atoms with van der Waals surface area (Å²) in [4.78, 5) is 30.2. The lowest BCUT2D eigenvalue weighted by Crippen LogP contribution is -2.48. The maximum Gasteiger partial charge on any atom is 0.303 e. The number of carboxylic acid groups (broad SMARTS) is 1. The Hall–Kier alpha value is -3.57. The molecule has 10 nitrogen and oxygen atoms in total. The molecule has 1 aromatic heterocycles. The number of piperazine rings is 1. The van der Waals surface area contributed by atoms with E-state index in [1.807, 2.05) is 46.0 Å². The van der Waals surface area contributed by atoms with E-state index in [4.69, 9.17) is 42.5 Å². The number of rotatable bonds is 22. The number of amides is 1. The van der Waals surface area contributed by atoms with E-state index >= 15 is 0 Å². The van der Waals surface area contributed by atoms with Gasteiger partial charge in [-0.1, -0.05) is 99.7 Å². The molecular weight excluding hydrogens is 751 g/mol. The van der Waals surface area contributed by atoms with Crippen molar-refractivity contribution in [3.05, 3.63) is 88.9 Å². The molecule has 3 heterocycles. The second kappa shape index (κ2) is 24.9. The second-order valence-corrected chi connectivity index (χ2v) is 15.5. The lowest BCUT2D eigenvalue weighted by Gasteiger charge is -2.35. The summed E-state index contributed by atoms with van der Waals surface area (Å²) >= 11 is 12.7. The number of imidazole rings is 1. The molecule has 12 heteroatoms. The van der Waals surface area contributed by atoms with Gasteiger partial charge in [-0.15, -0.1) is 0 Å². The summed E-state index contributed by atoms with van der Waals surface area (Å²) in [6.07, 6.45) is 26.2. The highest BCUT2D eigenvalue weighted by atomic mass is 35.5. The minimum Gasteiger partial charge on any atom is -0.491 e.